The second kappa shape index (κ2) is 6.12. The first-order valence-electron chi connectivity index (χ1n) is 7.11. The number of hydrogen-bond acceptors (Lipinski definition) is 2. The van der Waals surface area contributed by atoms with Crippen LogP contribution in [-0.4, -0.2) is 17.9 Å². The molecular formula is C17H13BrF3NO2. The number of carbonyl (C=O) groups excluding carboxylic acids is 1. The maximum absolute atomic E-state index is 13.2. The van der Waals surface area contributed by atoms with Gasteiger partial charge in [0, 0.05) is 23.1 Å². The van der Waals surface area contributed by atoms with Gasteiger partial charge in [-0.3, -0.25) is 4.79 Å². The average molecular weight is 400 g/mol. The van der Waals surface area contributed by atoms with E-state index < -0.39 is 17.6 Å². The van der Waals surface area contributed by atoms with E-state index in [1.54, 1.807) is 31.4 Å². The highest BCUT2D eigenvalue weighted by atomic mass is 79.9. The largest absolute Gasteiger partial charge is 0.497 e. The van der Waals surface area contributed by atoms with Gasteiger partial charge in [-0.15, -0.1) is 0 Å². The molecule has 2 aromatic carbocycles. The molecule has 0 bridgehead atoms. The van der Waals surface area contributed by atoms with Gasteiger partial charge in [0.15, 0.2) is 0 Å². The Labute approximate surface area is 145 Å². The second-order valence-corrected chi connectivity index (χ2v) is 6.40. The third-order valence-corrected chi connectivity index (χ3v) is 4.38. The van der Waals surface area contributed by atoms with Crippen LogP contribution in [0.4, 0.5) is 13.2 Å². The highest BCUT2D eigenvalue weighted by Crippen LogP contribution is 2.39. The molecular weight excluding hydrogens is 387 g/mol. The van der Waals surface area contributed by atoms with Gasteiger partial charge in [0.05, 0.1) is 12.7 Å². The molecule has 1 aliphatic heterocycles. The van der Waals surface area contributed by atoms with Crippen molar-refractivity contribution in [2.45, 2.75) is 19.3 Å². The molecule has 1 amide bonds. The van der Waals surface area contributed by atoms with Crippen molar-refractivity contribution in [2.75, 3.05) is 7.11 Å². The molecule has 3 nitrogen and oxygen atoms in total. The standard InChI is InChI=1S/C17H13BrF3NO2/c1-24-12-4-2-10(3-5-12)8-22-9-14-13(16(22)23)6-11(18)7-15(14)17(19,20)21/h2-7H,8-9H2,1H3. The van der Waals surface area contributed by atoms with Gasteiger partial charge in [-0.25, -0.2) is 0 Å². The Kier molecular flexibility index (Phi) is 4.29. The molecule has 0 aromatic heterocycles. The van der Waals surface area contributed by atoms with E-state index >= 15 is 0 Å². The molecule has 126 valence electrons. The quantitative estimate of drug-likeness (QED) is 0.752. The van der Waals surface area contributed by atoms with Crippen LogP contribution in [0.1, 0.15) is 27.0 Å². The van der Waals surface area contributed by atoms with Gasteiger partial charge in [0.25, 0.3) is 5.91 Å². The number of ether oxygens (including phenoxy) is 1. The lowest BCUT2D eigenvalue weighted by Crippen LogP contribution is -2.23. The van der Waals surface area contributed by atoms with E-state index in [1.165, 1.54) is 11.0 Å². The van der Waals surface area contributed by atoms with Crippen LogP contribution in [-0.2, 0) is 19.3 Å². The van der Waals surface area contributed by atoms with Crippen molar-refractivity contribution in [3.63, 3.8) is 0 Å². The number of fused-ring (bicyclic) bond motifs is 1. The van der Waals surface area contributed by atoms with E-state index in [-0.39, 0.29) is 28.7 Å². The Morgan fingerprint density at radius 1 is 1.21 bits per heavy atom. The highest BCUT2D eigenvalue weighted by Gasteiger charge is 2.39. The summed E-state index contributed by atoms with van der Waals surface area (Å²) in [7, 11) is 1.55. The number of carbonyl (C=O) groups is 1. The maximum atomic E-state index is 13.2. The minimum Gasteiger partial charge on any atom is -0.497 e. The summed E-state index contributed by atoms with van der Waals surface area (Å²) >= 11 is 3.05. The molecule has 0 atom stereocenters. The summed E-state index contributed by atoms with van der Waals surface area (Å²) in [5, 5.41) is 0. The lowest BCUT2D eigenvalue weighted by molar-refractivity contribution is -0.138. The molecule has 2 aromatic rings. The van der Waals surface area contributed by atoms with Crippen molar-refractivity contribution < 1.29 is 22.7 Å². The average Bonchev–Trinajstić information content (AvgIpc) is 2.83. The Hall–Kier alpha value is -2.02. The molecule has 3 rings (SSSR count). The van der Waals surface area contributed by atoms with E-state index in [1.807, 2.05) is 0 Å². The molecule has 0 saturated heterocycles. The van der Waals surface area contributed by atoms with Crippen LogP contribution in [0.3, 0.4) is 0 Å². The van der Waals surface area contributed by atoms with Crippen LogP contribution in [0.5, 0.6) is 5.75 Å². The summed E-state index contributed by atoms with van der Waals surface area (Å²) in [6.07, 6.45) is -4.50. The van der Waals surface area contributed by atoms with Crippen LogP contribution in [0, 0.1) is 0 Å². The Bertz CT molecular complexity index is 788. The third-order valence-electron chi connectivity index (χ3n) is 3.92. The van der Waals surface area contributed by atoms with E-state index in [9.17, 15) is 18.0 Å². The lowest BCUT2D eigenvalue weighted by atomic mass is 10.0. The second-order valence-electron chi connectivity index (χ2n) is 5.49. The Morgan fingerprint density at radius 2 is 1.88 bits per heavy atom. The van der Waals surface area contributed by atoms with Crippen molar-refractivity contribution in [1.29, 1.82) is 0 Å². The fraction of sp³-hybridized carbons (Fsp3) is 0.235. The van der Waals surface area contributed by atoms with Crippen LogP contribution >= 0.6 is 15.9 Å². The molecule has 0 N–H and O–H groups in total. The van der Waals surface area contributed by atoms with Crippen LogP contribution < -0.4 is 4.74 Å². The molecule has 0 radical (unpaired) electrons. The van der Waals surface area contributed by atoms with Crippen LogP contribution in [0.15, 0.2) is 40.9 Å². The zero-order valence-corrected chi connectivity index (χ0v) is 14.2. The number of rotatable bonds is 3. The predicted molar refractivity (Wildman–Crippen MR) is 85.7 cm³/mol. The van der Waals surface area contributed by atoms with E-state index in [4.69, 9.17) is 4.74 Å². The Balaban J connectivity index is 1.90. The zero-order chi connectivity index (χ0) is 17.5. The minimum atomic E-state index is -4.50. The van der Waals surface area contributed by atoms with E-state index in [0.717, 1.165) is 11.6 Å². The van der Waals surface area contributed by atoms with Gasteiger partial charge in [0.1, 0.15) is 5.75 Å². The number of halogens is 4. The van der Waals surface area contributed by atoms with Crippen molar-refractivity contribution >= 4 is 21.8 Å². The SMILES string of the molecule is COc1ccc(CN2Cc3c(cc(Br)cc3C(F)(F)F)C2=O)cc1. The number of nitrogens with zero attached hydrogens (tertiary/aromatic N) is 1. The first kappa shape index (κ1) is 16.8. The first-order chi connectivity index (χ1) is 11.3. The minimum absolute atomic E-state index is 0.0317. The highest BCUT2D eigenvalue weighted by molar-refractivity contribution is 9.10. The number of hydrogen-bond donors (Lipinski definition) is 0. The van der Waals surface area contributed by atoms with Gasteiger partial charge < -0.3 is 9.64 Å². The van der Waals surface area contributed by atoms with Gasteiger partial charge >= 0.3 is 6.18 Å². The summed E-state index contributed by atoms with van der Waals surface area (Å²) in [5.41, 5.74) is 0.191. The summed E-state index contributed by atoms with van der Waals surface area (Å²) in [6, 6.07) is 9.54. The van der Waals surface area contributed by atoms with Crippen molar-refractivity contribution in [3.05, 3.63) is 63.1 Å². The molecule has 1 heterocycles. The zero-order valence-electron chi connectivity index (χ0n) is 12.7. The molecule has 0 unspecified atom stereocenters. The van der Waals surface area contributed by atoms with E-state index in [0.29, 0.717) is 5.75 Å². The maximum Gasteiger partial charge on any atom is 0.416 e. The molecule has 0 fully saturated rings. The fourth-order valence-electron chi connectivity index (χ4n) is 2.76. The monoisotopic (exact) mass is 399 g/mol. The Morgan fingerprint density at radius 3 is 2.46 bits per heavy atom. The topological polar surface area (TPSA) is 29.5 Å². The van der Waals surface area contributed by atoms with Gasteiger partial charge in [-0.1, -0.05) is 28.1 Å². The number of methoxy groups -OCH3 is 1. The third kappa shape index (κ3) is 3.13. The summed E-state index contributed by atoms with van der Waals surface area (Å²) in [6.45, 7) is 0.189. The first-order valence-corrected chi connectivity index (χ1v) is 7.90. The molecule has 0 saturated carbocycles. The summed E-state index contributed by atoms with van der Waals surface area (Å²) in [5.74, 6) is 0.283. The van der Waals surface area contributed by atoms with Crippen LogP contribution in [0.25, 0.3) is 0 Å². The van der Waals surface area contributed by atoms with E-state index in [2.05, 4.69) is 15.9 Å². The van der Waals surface area contributed by atoms with Gasteiger partial charge in [-0.2, -0.15) is 13.2 Å². The smallest absolute Gasteiger partial charge is 0.416 e. The van der Waals surface area contributed by atoms with Gasteiger partial charge in [-0.05, 0) is 35.4 Å². The van der Waals surface area contributed by atoms with Crippen LogP contribution in [0.2, 0.25) is 0 Å². The normalized spacial score (nSPS) is 14.0. The van der Waals surface area contributed by atoms with Crippen molar-refractivity contribution in [2.24, 2.45) is 0 Å². The molecule has 0 spiro atoms. The molecule has 7 heteroatoms. The number of benzene rings is 2. The van der Waals surface area contributed by atoms with Gasteiger partial charge in [0.2, 0.25) is 0 Å². The molecule has 24 heavy (non-hydrogen) atoms. The molecule has 1 aliphatic rings. The predicted octanol–water partition coefficient (Wildman–Crippen LogP) is 4.63. The molecule has 0 aliphatic carbocycles. The summed E-state index contributed by atoms with van der Waals surface area (Å²) in [4.78, 5) is 13.9. The summed E-state index contributed by atoms with van der Waals surface area (Å²) < 4.78 is 45.0. The number of amides is 1. The van der Waals surface area contributed by atoms with Crippen molar-refractivity contribution in [3.8, 4) is 5.75 Å². The lowest BCUT2D eigenvalue weighted by Gasteiger charge is -2.16. The van der Waals surface area contributed by atoms with Crippen molar-refractivity contribution in [1.82, 2.24) is 4.90 Å². The fourth-order valence-corrected chi connectivity index (χ4v) is 3.22. The number of alkyl halides is 3.